The highest BCUT2D eigenvalue weighted by molar-refractivity contribution is 5.53. The fourth-order valence-electron chi connectivity index (χ4n) is 2.69. The molecule has 2 fully saturated rings. The summed E-state index contributed by atoms with van der Waals surface area (Å²) in [4.78, 5) is 2.51. The SMILES string of the molecule is CC(C)c1ccccc1NC1CN(C2COC2)C1. The van der Waals surface area contributed by atoms with E-state index in [-0.39, 0.29) is 0 Å². The number of hydrogen-bond acceptors (Lipinski definition) is 3. The van der Waals surface area contributed by atoms with Crippen LogP contribution in [0, 0.1) is 0 Å². The summed E-state index contributed by atoms with van der Waals surface area (Å²) < 4.78 is 5.23. The van der Waals surface area contributed by atoms with Gasteiger partial charge in [0.25, 0.3) is 0 Å². The Morgan fingerprint density at radius 2 is 1.94 bits per heavy atom. The Morgan fingerprint density at radius 1 is 1.22 bits per heavy atom. The van der Waals surface area contributed by atoms with Crippen LogP contribution in [0.3, 0.4) is 0 Å². The van der Waals surface area contributed by atoms with Crippen molar-refractivity contribution in [1.29, 1.82) is 0 Å². The molecule has 2 saturated heterocycles. The molecular weight excluding hydrogens is 224 g/mol. The third kappa shape index (κ3) is 2.25. The zero-order valence-electron chi connectivity index (χ0n) is 11.2. The monoisotopic (exact) mass is 246 g/mol. The molecule has 3 nitrogen and oxygen atoms in total. The molecule has 0 saturated carbocycles. The molecule has 0 bridgehead atoms. The van der Waals surface area contributed by atoms with E-state index in [1.54, 1.807) is 0 Å². The van der Waals surface area contributed by atoms with Crippen molar-refractivity contribution < 1.29 is 4.74 Å². The Kier molecular flexibility index (Phi) is 3.27. The molecule has 0 radical (unpaired) electrons. The first-order valence-electron chi connectivity index (χ1n) is 6.91. The standard InChI is InChI=1S/C15H22N2O/c1-11(2)14-5-3-4-6-15(14)16-12-7-17(8-12)13-9-18-10-13/h3-6,11-13,16H,7-10H2,1-2H3. The Labute approximate surface area is 109 Å². The molecule has 3 heteroatoms. The zero-order valence-corrected chi connectivity index (χ0v) is 11.2. The number of benzene rings is 1. The number of likely N-dealkylation sites (tertiary alicyclic amines) is 1. The molecule has 0 unspecified atom stereocenters. The molecular formula is C15H22N2O. The van der Waals surface area contributed by atoms with Crippen LogP contribution in [0.5, 0.6) is 0 Å². The van der Waals surface area contributed by atoms with Crippen LogP contribution in [0.2, 0.25) is 0 Å². The van der Waals surface area contributed by atoms with Crippen molar-refractivity contribution in [3.05, 3.63) is 29.8 Å². The van der Waals surface area contributed by atoms with E-state index in [0.29, 0.717) is 18.0 Å². The van der Waals surface area contributed by atoms with Gasteiger partial charge in [-0.15, -0.1) is 0 Å². The Bertz CT molecular complexity index is 409. The number of hydrogen-bond donors (Lipinski definition) is 1. The lowest BCUT2D eigenvalue weighted by Gasteiger charge is -2.48. The molecule has 0 atom stereocenters. The molecule has 0 aromatic heterocycles. The normalized spacial score (nSPS) is 21.7. The second kappa shape index (κ2) is 4.90. The van der Waals surface area contributed by atoms with Crippen LogP contribution in [0.4, 0.5) is 5.69 Å². The molecule has 3 rings (SSSR count). The van der Waals surface area contributed by atoms with Crippen molar-refractivity contribution in [2.75, 3.05) is 31.6 Å². The van der Waals surface area contributed by atoms with E-state index < -0.39 is 0 Å². The summed E-state index contributed by atoms with van der Waals surface area (Å²) in [5, 5.41) is 3.68. The van der Waals surface area contributed by atoms with Gasteiger partial charge in [-0.1, -0.05) is 32.0 Å². The largest absolute Gasteiger partial charge is 0.379 e. The van der Waals surface area contributed by atoms with Crippen LogP contribution < -0.4 is 5.32 Å². The second-order valence-corrected chi connectivity index (χ2v) is 5.73. The molecule has 98 valence electrons. The average molecular weight is 246 g/mol. The number of rotatable bonds is 4. The molecule has 1 N–H and O–H groups in total. The third-order valence-corrected chi connectivity index (χ3v) is 3.99. The summed E-state index contributed by atoms with van der Waals surface area (Å²) >= 11 is 0. The Morgan fingerprint density at radius 3 is 2.56 bits per heavy atom. The van der Waals surface area contributed by atoms with Crippen LogP contribution in [-0.4, -0.2) is 43.3 Å². The quantitative estimate of drug-likeness (QED) is 0.882. The molecule has 0 aliphatic carbocycles. The lowest BCUT2D eigenvalue weighted by Crippen LogP contribution is -2.63. The summed E-state index contributed by atoms with van der Waals surface area (Å²) in [5.41, 5.74) is 2.73. The number of nitrogens with zero attached hydrogens (tertiary/aromatic N) is 1. The van der Waals surface area contributed by atoms with E-state index in [9.17, 15) is 0 Å². The van der Waals surface area contributed by atoms with Gasteiger partial charge in [0.1, 0.15) is 0 Å². The first-order valence-corrected chi connectivity index (χ1v) is 6.91. The molecule has 0 amide bonds. The van der Waals surface area contributed by atoms with Crippen LogP contribution >= 0.6 is 0 Å². The van der Waals surface area contributed by atoms with Crippen LogP contribution in [-0.2, 0) is 4.74 Å². The molecule has 2 heterocycles. The molecule has 2 aliphatic heterocycles. The highest BCUT2D eigenvalue weighted by Gasteiger charge is 2.35. The van der Waals surface area contributed by atoms with Gasteiger partial charge in [0, 0.05) is 18.8 Å². The van der Waals surface area contributed by atoms with Crippen LogP contribution in [0.15, 0.2) is 24.3 Å². The predicted octanol–water partition coefficient (Wildman–Crippen LogP) is 2.30. The van der Waals surface area contributed by atoms with Gasteiger partial charge in [0.05, 0.1) is 25.3 Å². The maximum Gasteiger partial charge on any atom is 0.0645 e. The van der Waals surface area contributed by atoms with Gasteiger partial charge >= 0.3 is 0 Å². The van der Waals surface area contributed by atoms with Gasteiger partial charge in [-0.05, 0) is 17.5 Å². The van der Waals surface area contributed by atoms with E-state index in [2.05, 4.69) is 48.3 Å². The summed E-state index contributed by atoms with van der Waals surface area (Å²) in [6, 6.07) is 9.95. The average Bonchev–Trinajstić information content (AvgIpc) is 2.24. The number of anilines is 1. The van der Waals surface area contributed by atoms with Crippen molar-refractivity contribution in [1.82, 2.24) is 4.90 Å². The fraction of sp³-hybridized carbons (Fsp3) is 0.600. The highest BCUT2D eigenvalue weighted by atomic mass is 16.5. The van der Waals surface area contributed by atoms with E-state index in [1.165, 1.54) is 11.3 Å². The molecule has 18 heavy (non-hydrogen) atoms. The predicted molar refractivity (Wildman–Crippen MR) is 74.1 cm³/mol. The van der Waals surface area contributed by atoms with Crippen molar-refractivity contribution in [3.63, 3.8) is 0 Å². The van der Waals surface area contributed by atoms with Crippen molar-refractivity contribution in [2.24, 2.45) is 0 Å². The molecule has 0 spiro atoms. The molecule has 1 aromatic carbocycles. The molecule has 1 aromatic rings. The van der Waals surface area contributed by atoms with Gasteiger partial charge in [0.2, 0.25) is 0 Å². The fourth-order valence-corrected chi connectivity index (χ4v) is 2.69. The minimum absolute atomic E-state index is 0.574. The van der Waals surface area contributed by atoms with Crippen LogP contribution in [0.25, 0.3) is 0 Å². The van der Waals surface area contributed by atoms with E-state index >= 15 is 0 Å². The van der Waals surface area contributed by atoms with Gasteiger partial charge in [-0.25, -0.2) is 0 Å². The van der Waals surface area contributed by atoms with Crippen LogP contribution in [0.1, 0.15) is 25.3 Å². The topological polar surface area (TPSA) is 24.5 Å². The second-order valence-electron chi connectivity index (χ2n) is 5.73. The number of para-hydroxylation sites is 1. The maximum absolute atomic E-state index is 5.23. The van der Waals surface area contributed by atoms with Gasteiger partial charge in [-0.2, -0.15) is 0 Å². The first kappa shape index (κ1) is 12.0. The van der Waals surface area contributed by atoms with Crippen molar-refractivity contribution in [2.45, 2.75) is 31.8 Å². The number of nitrogens with one attached hydrogen (secondary N) is 1. The number of ether oxygens (including phenoxy) is 1. The van der Waals surface area contributed by atoms with Crippen molar-refractivity contribution in [3.8, 4) is 0 Å². The Balaban J connectivity index is 1.57. The lowest BCUT2D eigenvalue weighted by atomic mass is 9.99. The molecule has 2 aliphatic rings. The van der Waals surface area contributed by atoms with Gasteiger partial charge in [0.15, 0.2) is 0 Å². The lowest BCUT2D eigenvalue weighted by molar-refractivity contribution is -0.0874. The maximum atomic E-state index is 5.23. The smallest absolute Gasteiger partial charge is 0.0645 e. The summed E-state index contributed by atoms with van der Waals surface area (Å²) in [5.74, 6) is 0.574. The van der Waals surface area contributed by atoms with Crippen molar-refractivity contribution >= 4 is 5.69 Å². The minimum atomic E-state index is 0.574. The van der Waals surface area contributed by atoms with E-state index in [1.807, 2.05) is 0 Å². The summed E-state index contributed by atoms with van der Waals surface area (Å²) in [6.07, 6.45) is 0. The summed E-state index contributed by atoms with van der Waals surface area (Å²) in [7, 11) is 0. The van der Waals surface area contributed by atoms with E-state index in [0.717, 1.165) is 26.3 Å². The first-order chi connectivity index (χ1) is 8.74. The summed E-state index contributed by atoms with van der Waals surface area (Å²) in [6.45, 7) is 8.66. The van der Waals surface area contributed by atoms with Gasteiger partial charge < -0.3 is 10.1 Å². The highest BCUT2D eigenvalue weighted by Crippen LogP contribution is 2.27. The van der Waals surface area contributed by atoms with E-state index in [4.69, 9.17) is 4.74 Å². The third-order valence-electron chi connectivity index (χ3n) is 3.99. The minimum Gasteiger partial charge on any atom is -0.379 e. The Hall–Kier alpha value is -1.06. The van der Waals surface area contributed by atoms with Gasteiger partial charge in [-0.3, -0.25) is 4.90 Å². The zero-order chi connectivity index (χ0) is 12.5.